The molecular formula is C6H12BNO2. The number of carbonyl (C=O) groups is 1. The van der Waals surface area contributed by atoms with Crippen LogP contribution in [0.3, 0.4) is 0 Å². The van der Waals surface area contributed by atoms with Crippen molar-refractivity contribution in [1.82, 2.24) is 5.32 Å². The molecule has 0 unspecified atom stereocenters. The van der Waals surface area contributed by atoms with Crippen LogP contribution in [0, 0.1) is 0 Å². The largest absolute Gasteiger partial charge is 0.391 e. The normalized spacial score (nSPS) is 32.1. The smallest absolute Gasteiger partial charge is 0.215 e. The van der Waals surface area contributed by atoms with Gasteiger partial charge in [0.25, 0.3) is 0 Å². The first-order chi connectivity index (χ1) is 4.70. The fourth-order valence-corrected chi connectivity index (χ4v) is 1.37. The van der Waals surface area contributed by atoms with E-state index in [1.54, 1.807) is 0 Å². The van der Waals surface area contributed by atoms with Crippen molar-refractivity contribution in [3.8, 4) is 0 Å². The molecule has 0 saturated heterocycles. The molecule has 0 radical (unpaired) electrons. The SMILES string of the molecule is BC(=O)N[C@@H]1CCC[C@H]1O. The minimum Gasteiger partial charge on any atom is -0.391 e. The van der Waals surface area contributed by atoms with Gasteiger partial charge in [0.1, 0.15) is 0 Å². The zero-order valence-electron chi connectivity index (χ0n) is 6.13. The van der Waals surface area contributed by atoms with Crippen molar-refractivity contribution in [2.75, 3.05) is 0 Å². The van der Waals surface area contributed by atoms with Crippen LogP contribution < -0.4 is 5.32 Å². The van der Waals surface area contributed by atoms with Crippen LogP contribution in [0.4, 0.5) is 4.79 Å². The van der Waals surface area contributed by atoms with E-state index in [1.807, 2.05) is 0 Å². The van der Waals surface area contributed by atoms with E-state index >= 15 is 0 Å². The van der Waals surface area contributed by atoms with Crippen LogP contribution in [-0.4, -0.2) is 30.9 Å². The van der Waals surface area contributed by atoms with E-state index in [0.717, 1.165) is 19.3 Å². The highest BCUT2D eigenvalue weighted by molar-refractivity contribution is 6.57. The molecule has 1 aliphatic carbocycles. The summed E-state index contributed by atoms with van der Waals surface area (Å²) in [5.74, 6) is -0.0500. The Labute approximate surface area is 61.2 Å². The predicted molar refractivity (Wildman–Crippen MR) is 40.7 cm³/mol. The van der Waals surface area contributed by atoms with Gasteiger partial charge < -0.3 is 10.4 Å². The number of hydrogen-bond acceptors (Lipinski definition) is 2. The van der Waals surface area contributed by atoms with Gasteiger partial charge in [-0.25, -0.2) is 0 Å². The second kappa shape index (κ2) is 3.06. The van der Waals surface area contributed by atoms with Crippen LogP contribution in [0.5, 0.6) is 0 Å². The van der Waals surface area contributed by atoms with Crippen LogP contribution >= 0.6 is 0 Å². The van der Waals surface area contributed by atoms with E-state index < -0.39 is 0 Å². The number of amides is 1. The highest BCUT2D eigenvalue weighted by atomic mass is 16.3. The van der Waals surface area contributed by atoms with Crippen molar-refractivity contribution in [2.45, 2.75) is 31.4 Å². The third kappa shape index (κ3) is 1.74. The second-order valence-corrected chi connectivity index (χ2v) is 2.81. The van der Waals surface area contributed by atoms with Crippen molar-refractivity contribution >= 4 is 13.7 Å². The van der Waals surface area contributed by atoms with Gasteiger partial charge in [0.05, 0.1) is 12.1 Å². The fourth-order valence-electron chi connectivity index (χ4n) is 1.37. The first-order valence-electron chi connectivity index (χ1n) is 3.65. The minimum atomic E-state index is -0.316. The quantitative estimate of drug-likeness (QED) is 0.471. The molecule has 0 aromatic carbocycles. The second-order valence-electron chi connectivity index (χ2n) is 2.81. The number of aliphatic hydroxyl groups is 1. The fraction of sp³-hybridized carbons (Fsp3) is 0.833. The Kier molecular flexibility index (Phi) is 2.32. The van der Waals surface area contributed by atoms with Gasteiger partial charge in [-0.2, -0.15) is 0 Å². The summed E-state index contributed by atoms with van der Waals surface area (Å²) in [7, 11) is 1.48. The highest BCUT2D eigenvalue weighted by Gasteiger charge is 2.24. The molecule has 2 N–H and O–H groups in total. The van der Waals surface area contributed by atoms with E-state index in [4.69, 9.17) is 0 Å². The standard InChI is InChI=1S/C6H12BNO2/c7-6(10)8-4-2-1-3-5(4)9/h4-5,9H,1-3,7H2,(H,8,10)/t4-,5-/m1/s1. The van der Waals surface area contributed by atoms with E-state index in [-0.39, 0.29) is 18.0 Å². The van der Waals surface area contributed by atoms with Crippen LogP contribution in [0.25, 0.3) is 0 Å². The Bertz CT molecular complexity index is 140. The van der Waals surface area contributed by atoms with Crippen molar-refractivity contribution in [2.24, 2.45) is 0 Å². The van der Waals surface area contributed by atoms with Gasteiger partial charge in [0.2, 0.25) is 7.85 Å². The van der Waals surface area contributed by atoms with Gasteiger partial charge in [-0.3, -0.25) is 4.79 Å². The molecule has 4 heteroatoms. The number of hydrogen-bond donors (Lipinski definition) is 2. The maximum Gasteiger partial charge on any atom is 0.215 e. The number of nitrogens with one attached hydrogen (secondary N) is 1. The molecule has 0 bridgehead atoms. The van der Waals surface area contributed by atoms with Gasteiger partial charge >= 0.3 is 0 Å². The van der Waals surface area contributed by atoms with Crippen LogP contribution in [-0.2, 0) is 0 Å². The Hall–Kier alpha value is -0.505. The summed E-state index contributed by atoms with van der Waals surface area (Å²) in [6.07, 6.45) is 2.45. The van der Waals surface area contributed by atoms with Gasteiger partial charge in [0, 0.05) is 0 Å². The Morgan fingerprint density at radius 1 is 1.60 bits per heavy atom. The topological polar surface area (TPSA) is 49.3 Å². The lowest BCUT2D eigenvalue weighted by molar-refractivity contribution is 0.153. The lowest BCUT2D eigenvalue weighted by atomic mass is 10.1. The number of carbonyl (C=O) groups excluding carboxylic acids is 1. The third-order valence-electron chi connectivity index (χ3n) is 1.87. The summed E-state index contributed by atoms with van der Waals surface area (Å²) >= 11 is 0. The zero-order chi connectivity index (χ0) is 7.56. The molecule has 0 aromatic heterocycles. The molecule has 0 aliphatic heterocycles. The molecule has 1 rings (SSSR count). The highest BCUT2D eigenvalue weighted by Crippen LogP contribution is 2.18. The molecule has 10 heavy (non-hydrogen) atoms. The Morgan fingerprint density at radius 2 is 2.30 bits per heavy atom. The van der Waals surface area contributed by atoms with Gasteiger partial charge in [0.15, 0.2) is 5.81 Å². The summed E-state index contributed by atoms with van der Waals surface area (Å²) < 4.78 is 0. The average molecular weight is 141 g/mol. The molecule has 0 heterocycles. The molecule has 1 aliphatic rings. The number of rotatable bonds is 1. The van der Waals surface area contributed by atoms with Crippen molar-refractivity contribution in [1.29, 1.82) is 0 Å². The van der Waals surface area contributed by atoms with Crippen molar-refractivity contribution < 1.29 is 9.90 Å². The lowest BCUT2D eigenvalue weighted by Gasteiger charge is -2.14. The molecule has 0 aromatic rings. The van der Waals surface area contributed by atoms with E-state index in [0.29, 0.717) is 0 Å². The summed E-state index contributed by atoms with van der Waals surface area (Å²) in [5.41, 5.74) is 0. The molecule has 1 fully saturated rings. The van der Waals surface area contributed by atoms with Gasteiger partial charge in [-0.15, -0.1) is 0 Å². The molecular weight excluding hydrogens is 129 g/mol. The predicted octanol–water partition coefficient (Wildman–Crippen LogP) is -0.758. The molecule has 56 valence electrons. The lowest BCUT2D eigenvalue weighted by Crippen LogP contribution is -2.39. The minimum absolute atomic E-state index is 0.0116. The maximum absolute atomic E-state index is 10.5. The summed E-state index contributed by atoms with van der Waals surface area (Å²) in [4.78, 5) is 10.5. The number of aliphatic hydroxyl groups excluding tert-OH is 1. The first-order valence-corrected chi connectivity index (χ1v) is 3.65. The van der Waals surface area contributed by atoms with Crippen LogP contribution in [0.2, 0.25) is 0 Å². The molecule has 3 nitrogen and oxygen atoms in total. The zero-order valence-corrected chi connectivity index (χ0v) is 6.13. The van der Waals surface area contributed by atoms with E-state index in [2.05, 4.69) is 5.32 Å². The average Bonchev–Trinajstić information content (AvgIpc) is 2.15. The Morgan fingerprint density at radius 3 is 2.70 bits per heavy atom. The van der Waals surface area contributed by atoms with Crippen LogP contribution in [0.15, 0.2) is 0 Å². The van der Waals surface area contributed by atoms with Crippen molar-refractivity contribution in [3.63, 3.8) is 0 Å². The molecule has 0 spiro atoms. The monoisotopic (exact) mass is 141 g/mol. The Balaban J connectivity index is 2.33. The molecule has 1 saturated carbocycles. The van der Waals surface area contributed by atoms with E-state index in [9.17, 15) is 9.90 Å². The first kappa shape index (κ1) is 7.60. The van der Waals surface area contributed by atoms with Gasteiger partial charge in [-0.05, 0) is 19.3 Å². The third-order valence-corrected chi connectivity index (χ3v) is 1.87. The summed E-state index contributed by atoms with van der Waals surface area (Å²) in [5, 5.41) is 11.9. The van der Waals surface area contributed by atoms with Crippen molar-refractivity contribution in [3.05, 3.63) is 0 Å². The van der Waals surface area contributed by atoms with E-state index in [1.165, 1.54) is 7.85 Å². The molecule has 2 atom stereocenters. The maximum atomic E-state index is 10.5. The van der Waals surface area contributed by atoms with Gasteiger partial charge in [-0.1, -0.05) is 0 Å². The summed E-state index contributed by atoms with van der Waals surface area (Å²) in [6.45, 7) is 0. The molecule has 1 amide bonds. The van der Waals surface area contributed by atoms with Crippen LogP contribution in [0.1, 0.15) is 19.3 Å². The summed E-state index contributed by atoms with van der Waals surface area (Å²) in [6, 6.07) is 0.0116.